The molecule has 0 radical (unpaired) electrons. The number of nitrogens with one attached hydrogen (secondary N) is 2. The summed E-state index contributed by atoms with van der Waals surface area (Å²) in [5, 5.41) is 7.03. The van der Waals surface area contributed by atoms with E-state index in [2.05, 4.69) is 15.6 Å². The van der Waals surface area contributed by atoms with Gasteiger partial charge in [-0.25, -0.2) is 4.68 Å². The Morgan fingerprint density at radius 3 is 2.65 bits per heavy atom. The molecule has 0 spiro atoms. The predicted molar refractivity (Wildman–Crippen MR) is 104 cm³/mol. The van der Waals surface area contributed by atoms with E-state index in [4.69, 9.17) is 33.3 Å². The van der Waals surface area contributed by atoms with Crippen LogP contribution in [0, 0.1) is 11.7 Å². The molecule has 1 aromatic heterocycles. The van der Waals surface area contributed by atoms with Crippen LogP contribution in [0.1, 0.15) is 16.7 Å². The Morgan fingerprint density at radius 1 is 1.23 bits per heavy atom. The monoisotopic (exact) mass is 390 g/mol. The zero-order valence-corrected chi connectivity index (χ0v) is 16.0. The standard InChI is InChI=1S/C18H19ClN4O2S/c1-12-3-5-13(6-4-12)10-25-17-15(19)7-14(8-16(17)24-2)9-21-23-11-20-22-18(23)26/h3-8,11,21H,9-10H2,1-2H3,(H,22,26). The quantitative estimate of drug-likeness (QED) is 0.591. The maximum Gasteiger partial charge on any atom is 0.214 e. The summed E-state index contributed by atoms with van der Waals surface area (Å²) in [5.74, 6) is 1.11. The third kappa shape index (κ3) is 4.36. The van der Waals surface area contributed by atoms with Crippen molar-refractivity contribution in [2.45, 2.75) is 20.1 Å². The molecule has 3 aromatic rings. The molecule has 0 atom stereocenters. The van der Waals surface area contributed by atoms with Gasteiger partial charge in [-0.05, 0) is 42.4 Å². The van der Waals surface area contributed by atoms with Crippen molar-refractivity contribution in [2.75, 3.05) is 12.5 Å². The van der Waals surface area contributed by atoms with E-state index in [-0.39, 0.29) is 0 Å². The molecule has 26 heavy (non-hydrogen) atoms. The normalized spacial score (nSPS) is 10.6. The molecular weight excluding hydrogens is 372 g/mol. The molecule has 0 fully saturated rings. The number of aromatic nitrogens is 3. The summed E-state index contributed by atoms with van der Waals surface area (Å²) in [4.78, 5) is 0. The van der Waals surface area contributed by atoms with Gasteiger partial charge in [0.25, 0.3) is 0 Å². The van der Waals surface area contributed by atoms with Crippen LogP contribution in [0.25, 0.3) is 0 Å². The summed E-state index contributed by atoms with van der Waals surface area (Å²) in [6, 6.07) is 11.9. The number of aromatic amines is 1. The van der Waals surface area contributed by atoms with Crippen molar-refractivity contribution in [3.05, 3.63) is 69.2 Å². The van der Waals surface area contributed by atoms with Crippen LogP contribution in [0.2, 0.25) is 5.02 Å². The van der Waals surface area contributed by atoms with E-state index < -0.39 is 0 Å². The van der Waals surface area contributed by atoms with Gasteiger partial charge in [0.05, 0.1) is 18.7 Å². The molecule has 0 saturated heterocycles. The molecular formula is C18H19ClN4O2S. The van der Waals surface area contributed by atoms with Gasteiger partial charge in [0.1, 0.15) is 12.9 Å². The number of halogens is 1. The van der Waals surface area contributed by atoms with E-state index in [0.717, 1.165) is 11.1 Å². The fourth-order valence-electron chi connectivity index (χ4n) is 2.39. The summed E-state index contributed by atoms with van der Waals surface area (Å²) in [6.07, 6.45) is 1.57. The molecule has 0 unspecified atom stereocenters. The number of rotatable bonds is 7. The Kier molecular flexibility index (Phi) is 5.80. The minimum Gasteiger partial charge on any atom is -0.493 e. The van der Waals surface area contributed by atoms with Crippen LogP contribution in [-0.4, -0.2) is 22.0 Å². The van der Waals surface area contributed by atoms with E-state index in [1.165, 1.54) is 5.56 Å². The second-order valence-electron chi connectivity index (χ2n) is 5.75. The summed E-state index contributed by atoms with van der Waals surface area (Å²) in [7, 11) is 1.59. The van der Waals surface area contributed by atoms with Crippen molar-refractivity contribution in [3.63, 3.8) is 0 Å². The first kappa shape index (κ1) is 18.3. The Morgan fingerprint density at radius 2 is 2.00 bits per heavy atom. The smallest absolute Gasteiger partial charge is 0.214 e. The van der Waals surface area contributed by atoms with Crippen molar-refractivity contribution >= 4 is 23.8 Å². The summed E-state index contributed by atoms with van der Waals surface area (Å²) >= 11 is 11.5. The predicted octanol–water partition coefficient (Wildman–Crippen LogP) is 4.23. The minimum absolute atomic E-state index is 0.415. The number of benzene rings is 2. The molecule has 2 N–H and O–H groups in total. The number of ether oxygens (including phenoxy) is 2. The Balaban J connectivity index is 1.73. The molecule has 0 aliphatic rings. The van der Waals surface area contributed by atoms with Crippen LogP contribution >= 0.6 is 23.8 Å². The molecule has 8 heteroatoms. The highest BCUT2D eigenvalue weighted by molar-refractivity contribution is 7.71. The van der Waals surface area contributed by atoms with E-state index in [9.17, 15) is 0 Å². The third-order valence-corrected chi connectivity index (χ3v) is 4.37. The maximum atomic E-state index is 6.42. The lowest BCUT2D eigenvalue weighted by Crippen LogP contribution is -2.13. The van der Waals surface area contributed by atoms with Gasteiger partial charge in [-0.3, -0.25) is 5.10 Å². The molecule has 2 aromatic carbocycles. The number of hydrogen-bond donors (Lipinski definition) is 2. The molecule has 0 amide bonds. The second-order valence-corrected chi connectivity index (χ2v) is 6.54. The van der Waals surface area contributed by atoms with Crippen LogP contribution in [0.5, 0.6) is 11.5 Å². The van der Waals surface area contributed by atoms with Crippen LogP contribution in [0.4, 0.5) is 0 Å². The first-order valence-electron chi connectivity index (χ1n) is 7.97. The maximum absolute atomic E-state index is 6.42. The molecule has 0 bridgehead atoms. The van der Waals surface area contributed by atoms with E-state index in [0.29, 0.717) is 34.4 Å². The number of hydrogen-bond acceptors (Lipinski definition) is 5. The number of nitrogens with zero attached hydrogens (tertiary/aromatic N) is 2. The minimum atomic E-state index is 0.415. The van der Waals surface area contributed by atoms with Crippen molar-refractivity contribution in [3.8, 4) is 11.5 Å². The highest BCUT2D eigenvalue weighted by Gasteiger charge is 2.12. The lowest BCUT2D eigenvalue weighted by Gasteiger charge is -2.15. The van der Waals surface area contributed by atoms with E-state index in [1.54, 1.807) is 18.1 Å². The summed E-state index contributed by atoms with van der Waals surface area (Å²) in [6.45, 7) is 2.97. The highest BCUT2D eigenvalue weighted by Crippen LogP contribution is 2.37. The molecule has 3 rings (SSSR count). The van der Waals surface area contributed by atoms with Crippen LogP contribution < -0.4 is 14.9 Å². The molecule has 0 aliphatic heterocycles. The van der Waals surface area contributed by atoms with Crippen LogP contribution in [-0.2, 0) is 13.2 Å². The van der Waals surface area contributed by atoms with Gasteiger partial charge in [0.2, 0.25) is 4.77 Å². The fourth-order valence-corrected chi connectivity index (χ4v) is 2.84. The van der Waals surface area contributed by atoms with Gasteiger partial charge in [-0.2, -0.15) is 5.10 Å². The Hall–Kier alpha value is -2.51. The average Bonchev–Trinajstić information content (AvgIpc) is 3.05. The Bertz CT molecular complexity index is 937. The van der Waals surface area contributed by atoms with E-state index >= 15 is 0 Å². The summed E-state index contributed by atoms with van der Waals surface area (Å²) < 4.78 is 13.5. The molecule has 6 nitrogen and oxygen atoms in total. The molecule has 0 saturated carbocycles. The SMILES string of the molecule is COc1cc(CNn2cn[nH]c2=S)cc(Cl)c1OCc1ccc(C)cc1. The zero-order chi connectivity index (χ0) is 18.5. The largest absolute Gasteiger partial charge is 0.493 e. The van der Waals surface area contributed by atoms with E-state index in [1.807, 2.05) is 43.3 Å². The first-order chi connectivity index (χ1) is 12.6. The van der Waals surface area contributed by atoms with Gasteiger partial charge in [-0.15, -0.1) is 0 Å². The average molecular weight is 391 g/mol. The van der Waals surface area contributed by atoms with Crippen molar-refractivity contribution < 1.29 is 9.47 Å². The number of H-pyrrole nitrogens is 1. The van der Waals surface area contributed by atoms with Gasteiger partial charge in [0.15, 0.2) is 11.5 Å². The topological polar surface area (TPSA) is 64.1 Å². The van der Waals surface area contributed by atoms with Crippen molar-refractivity contribution in [1.29, 1.82) is 0 Å². The fraction of sp³-hybridized carbons (Fsp3) is 0.222. The van der Waals surface area contributed by atoms with Crippen LogP contribution in [0.15, 0.2) is 42.7 Å². The second kappa shape index (κ2) is 8.25. The number of aryl methyl sites for hydroxylation is 1. The summed E-state index contributed by atoms with van der Waals surface area (Å²) in [5.41, 5.74) is 6.33. The highest BCUT2D eigenvalue weighted by atomic mass is 35.5. The van der Waals surface area contributed by atoms with Gasteiger partial charge < -0.3 is 14.9 Å². The lowest BCUT2D eigenvalue weighted by atomic mass is 10.1. The lowest BCUT2D eigenvalue weighted by molar-refractivity contribution is 0.284. The van der Waals surface area contributed by atoms with Crippen molar-refractivity contribution in [2.24, 2.45) is 0 Å². The Labute approximate surface area is 161 Å². The molecule has 136 valence electrons. The van der Waals surface area contributed by atoms with Gasteiger partial charge >= 0.3 is 0 Å². The van der Waals surface area contributed by atoms with Gasteiger partial charge in [-0.1, -0.05) is 41.4 Å². The zero-order valence-electron chi connectivity index (χ0n) is 14.5. The molecule has 0 aliphatic carbocycles. The first-order valence-corrected chi connectivity index (χ1v) is 8.76. The van der Waals surface area contributed by atoms with Crippen molar-refractivity contribution in [1.82, 2.24) is 14.9 Å². The van der Waals surface area contributed by atoms with Crippen LogP contribution in [0.3, 0.4) is 0 Å². The van der Waals surface area contributed by atoms with Gasteiger partial charge in [0, 0.05) is 0 Å². The number of methoxy groups -OCH3 is 1. The molecule has 1 heterocycles. The third-order valence-electron chi connectivity index (χ3n) is 3.80.